The first-order valence-corrected chi connectivity index (χ1v) is 6.88. The van der Waals surface area contributed by atoms with Crippen LogP contribution in [0, 0.1) is 0 Å². The highest BCUT2D eigenvalue weighted by Crippen LogP contribution is 2.25. The zero-order valence-corrected chi connectivity index (χ0v) is 11.5. The average molecular weight is 248 g/mol. The van der Waals surface area contributed by atoms with Gasteiger partial charge in [0.05, 0.1) is 0 Å². The second kappa shape index (κ2) is 6.76. The van der Waals surface area contributed by atoms with Gasteiger partial charge in [-0.05, 0) is 37.3 Å². The standard InChI is InChI=1S/C15H24N2O/c1-12(8-10-18-2)17-11-14-6-3-5-13-7-4-9-16-15(13)14/h3,5-6,12,16-17H,4,7-11H2,1-2H3. The number of para-hydroxylation sites is 1. The molecule has 0 aliphatic carbocycles. The van der Waals surface area contributed by atoms with Crippen LogP contribution in [0.5, 0.6) is 0 Å². The van der Waals surface area contributed by atoms with Gasteiger partial charge in [-0.25, -0.2) is 0 Å². The Morgan fingerprint density at radius 2 is 2.33 bits per heavy atom. The third-order valence-corrected chi connectivity index (χ3v) is 3.56. The number of ether oxygens (including phenoxy) is 1. The molecule has 2 N–H and O–H groups in total. The van der Waals surface area contributed by atoms with Crippen LogP contribution in [0.3, 0.4) is 0 Å². The molecule has 0 saturated heterocycles. The summed E-state index contributed by atoms with van der Waals surface area (Å²) in [5, 5.41) is 7.10. The van der Waals surface area contributed by atoms with Crippen LogP contribution in [-0.2, 0) is 17.7 Å². The number of hydrogen-bond acceptors (Lipinski definition) is 3. The molecule has 0 spiro atoms. The molecule has 100 valence electrons. The fourth-order valence-electron chi connectivity index (χ4n) is 2.41. The molecular weight excluding hydrogens is 224 g/mol. The van der Waals surface area contributed by atoms with Crippen LogP contribution in [-0.4, -0.2) is 26.3 Å². The maximum Gasteiger partial charge on any atom is 0.0476 e. The SMILES string of the molecule is COCCC(C)NCc1cccc2c1NCCC2. The van der Waals surface area contributed by atoms with Crippen molar-refractivity contribution in [3.8, 4) is 0 Å². The lowest BCUT2D eigenvalue weighted by Gasteiger charge is -2.22. The minimum Gasteiger partial charge on any atom is -0.385 e. The van der Waals surface area contributed by atoms with Gasteiger partial charge in [0.2, 0.25) is 0 Å². The Labute approximate surface area is 110 Å². The van der Waals surface area contributed by atoms with E-state index >= 15 is 0 Å². The van der Waals surface area contributed by atoms with Crippen molar-refractivity contribution in [2.75, 3.05) is 25.6 Å². The van der Waals surface area contributed by atoms with Gasteiger partial charge in [0.1, 0.15) is 0 Å². The lowest BCUT2D eigenvalue weighted by molar-refractivity contribution is 0.184. The van der Waals surface area contributed by atoms with E-state index in [-0.39, 0.29) is 0 Å². The van der Waals surface area contributed by atoms with Gasteiger partial charge in [0.15, 0.2) is 0 Å². The van der Waals surface area contributed by atoms with E-state index in [0.717, 1.165) is 26.1 Å². The van der Waals surface area contributed by atoms with Crippen molar-refractivity contribution in [2.45, 2.75) is 38.8 Å². The highest BCUT2D eigenvalue weighted by atomic mass is 16.5. The van der Waals surface area contributed by atoms with Crippen molar-refractivity contribution in [1.82, 2.24) is 5.32 Å². The lowest BCUT2D eigenvalue weighted by atomic mass is 9.99. The highest BCUT2D eigenvalue weighted by Gasteiger charge is 2.12. The van der Waals surface area contributed by atoms with E-state index in [1.165, 1.54) is 29.7 Å². The largest absolute Gasteiger partial charge is 0.385 e. The number of rotatable bonds is 6. The first-order valence-electron chi connectivity index (χ1n) is 6.88. The second-order valence-electron chi connectivity index (χ2n) is 5.05. The molecule has 0 radical (unpaired) electrons. The monoisotopic (exact) mass is 248 g/mol. The van der Waals surface area contributed by atoms with E-state index in [0.29, 0.717) is 6.04 Å². The molecule has 3 nitrogen and oxygen atoms in total. The van der Waals surface area contributed by atoms with Crippen LogP contribution in [0.4, 0.5) is 5.69 Å². The van der Waals surface area contributed by atoms with Crippen LogP contribution >= 0.6 is 0 Å². The first-order chi connectivity index (χ1) is 8.81. The van der Waals surface area contributed by atoms with Gasteiger partial charge in [-0.15, -0.1) is 0 Å². The third-order valence-electron chi connectivity index (χ3n) is 3.56. The normalized spacial score (nSPS) is 15.9. The number of benzene rings is 1. The number of anilines is 1. The molecule has 0 saturated carbocycles. The van der Waals surface area contributed by atoms with E-state index in [1.54, 1.807) is 7.11 Å². The molecule has 0 amide bonds. The molecule has 1 aromatic carbocycles. The fourth-order valence-corrected chi connectivity index (χ4v) is 2.41. The van der Waals surface area contributed by atoms with Crippen LogP contribution in [0.25, 0.3) is 0 Å². The number of methoxy groups -OCH3 is 1. The van der Waals surface area contributed by atoms with Crippen molar-refractivity contribution in [3.05, 3.63) is 29.3 Å². The predicted octanol–water partition coefficient (Wildman–Crippen LogP) is 2.56. The van der Waals surface area contributed by atoms with Crippen molar-refractivity contribution < 1.29 is 4.74 Å². The van der Waals surface area contributed by atoms with Crippen LogP contribution < -0.4 is 10.6 Å². The van der Waals surface area contributed by atoms with Gasteiger partial charge in [-0.2, -0.15) is 0 Å². The summed E-state index contributed by atoms with van der Waals surface area (Å²) in [6.07, 6.45) is 3.50. The molecule has 0 bridgehead atoms. The van der Waals surface area contributed by atoms with Gasteiger partial charge in [-0.1, -0.05) is 18.2 Å². The minimum atomic E-state index is 0.490. The number of hydrogen-bond donors (Lipinski definition) is 2. The van der Waals surface area contributed by atoms with Crippen LogP contribution in [0.1, 0.15) is 30.9 Å². The molecule has 0 fully saturated rings. The van der Waals surface area contributed by atoms with Gasteiger partial charge in [-0.3, -0.25) is 0 Å². The Bertz CT molecular complexity index is 379. The van der Waals surface area contributed by atoms with Gasteiger partial charge in [0.25, 0.3) is 0 Å². The molecule has 3 heteroatoms. The van der Waals surface area contributed by atoms with E-state index in [9.17, 15) is 0 Å². The summed E-state index contributed by atoms with van der Waals surface area (Å²) in [5.41, 5.74) is 4.21. The maximum atomic E-state index is 5.10. The second-order valence-corrected chi connectivity index (χ2v) is 5.05. The summed E-state index contributed by atoms with van der Waals surface area (Å²) in [6, 6.07) is 7.11. The average Bonchev–Trinajstić information content (AvgIpc) is 2.42. The lowest BCUT2D eigenvalue weighted by Crippen LogP contribution is -2.27. The number of nitrogens with one attached hydrogen (secondary N) is 2. The Kier molecular flexibility index (Phi) is 5.02. The van der Waals surface area contributed by atoms with E-state index < -0.39 is 0 Å². The van der Waals surface area contributed by atoms with E-state index in [2.05, 4.69) is 35.8 Å². The van der Waals surface area contributed by atoms with Gasteiger partial charge in [0, 0.05) is 38.5 Å². The molecule has 18 heavy (non-hydrogen) atoms. The van der Waals surface area contributed by atoms with E-state index in [4.69, 9.17) is 4.74 Å². The molecule has 2 rings (SSSR count). The quantitative estimate of drug-likeness (QED) is 0.811. The van der Waals surface area contributed by atoms with Crippen LogP contribution in [0.15, 0.2) is 18.2 Å². The highest BCUT2D eigenvalue weighted by molar-refractivity contribution is 5.59. The molecule has 0 aromatic heterocycles. The van der Waals surface area contributed by atoms with Crippen molar-refractivity contribution in [3.63, 3.8) is 0 Å². The fraction of sp³-hybridized carbons (Fsp3) is 0.600. The van der Waals surface area contributed by atoms with Crippen LogP contribution in [0.2, 0.25) is 0 Å². The summed E-state index contributed by atoms with van der Waals surface area (Å²) in [5.74, 6) is 0. The number of aryl methyl sites for hydroxylation is 1. The zero-order valence-electron chi connectivity index (χ0n) is 11.5. The Balaban J connectivity index is 1.93. The molecular formula is C15H24N2O. The summed E-state index contributed by atoms with van der Waals surface area (Å²) in [6.45, 7) is 5.06. The summed E-state index contributed by atoms with van der Waals surface area (Å²) < 4.78 is 5.10. The van der Waals surface area contributed by atoms with Crippen molar-refractivity contribution in [2.24, 2.45) is 0 Å². The summed E-state index contributed by atoms with van der Waals surface area (Å²) >= 11 is 0. The first kappa shape index (κ1) is 13.4. The van der Waals surface area contributed by atoms with E-state index in [1.807, 2.05) is 0 Å². The van der Waals surface area contributed by atoms with Crippen molar-refractivity contribution >= 4 is 5.69 Å². The predicted molar refractivity (Wildman–Crippen MR) is 76.0 cm³/mol. The molecule has 1 aliphatic heterocycles. The Morgan fingerprint density at radius 1 is 1.44 bits per heavy atom. The minimum absolute atomic E-state index is 0.490. The molecule has 1 atom stereocenters. The topological polar surface area (TPSA) is 33.3 Å². The van der Waals surface area contributed by atoms with Gasteiger partial charge < -0.3 is 15.4 Å². The molecule has 1 aromatic rings. The Morgan fingerprint density at radius 3 is 3.17 bits per heavy atom. The summed E-state index contributed by atoms with van der Waals surface area (Å²) in [4.78, 5) is 0. The molecule has 1 unspecified atom stereocenters. The zero-order chi connectivity index (χ0) is 12.8. The molecule has 1 heterocycles. The van der Waals surface area contributed by atoms with Crippen molar-refractivity contribution in [1.29, 1.82) is 0 Å². The maximum absolute atomic E-state index is 5.10. The third kappa shape index (κ3) is 3.47. The number of fused-ring (bicyclic) bond motifs is 1. The molecule has 1 aliphatic rings. The summed E-state index contributed by atoms with van der Waals surface area (Å²) in [7, 11) is 1.75. The van der Waals surface area contributed by atoms with Gasteiger partial charge >= 0.3 is 0 Å². The Hall–Kier alpha value is -1.06. The smallest absolute Gasteiger partial charge is 0.0476 e.